The van der Waals surface area contributed by atoms with Crippen molar-refractivity contribution in [2.24, 2.45) is 5.92 Å². The molecule has 0 aliphatic rings. The first-order valence-electron chi connectivity index (χ1n) is 5.91. The molecule has 0 saturated carbocycles. The molecule has 0 fully saturated rings. The number of rotatable bonds is 8. The molecule has 0 rings (SSSR count). The van der Waals surface area contributed by atoms with E-state index in [0.717, 1.165) is 23.1 Å². The summed E-state index contributed by atoms with van der Waals surface area (Å²) in [7, 11) is 2.24. The van der Waals surface area contributed by atoms with Crippen LogP contribution in [0.3, 0.4) is 0 Å². The van der Waals surface area contributed by atoms with Gasteiger partial charge in [0.2, 0.25) is 0 Å². The van der Waals surface area contributed by atoms with Gasteiger partial charge < -0.3 is 0 Å². The third-order valence-electron chi connectivity index (χ3n) is 3.14. The van der Waals surface area contributed by atoms with E-state index in [1.807, 2.05) is 0 Å². The summed E-state index contributed by atoms with van der Waals surface area (Å²) in [6.45, 7) is 11.9. The zero-order valence-electron chi connectivity index (χ0n) is 10.6. The molecule has 14 heavy (non-hydrogen) atoms. The molecular formula is C12H28P2. The van der Waals surface area contributed by atoms with Crippen molar-refractivity contribution in [1.29, 1.82) is 0 Å². The van der Waals surface area contributed by atoms with Crippen LogP contribution in [-0.2, 0) is 0 Å². The molecular weight excluding hydrogens is 206 g/mol. The summed E-state index contributed by atoms with van der Waals surface area (Å²) in [6.07, 6.45) is 7.10. The van der Waals surface area contributed by atoms with Crippen molar-refractivity contribution < 1.29 is 0 Å². The SMILES string of the molecule is CCCC(C)CCC(C)(CPC)PC. The van der Waals surface area contributed by atoms with Gasteiger partial charge in [0, 0.05) is 0 Å². The lowest BCUT2D eigenvalue weighted by Gasteiger charge is -2.29. The van der Waals surface area contributed by atoms with Gasteiger partial charge in [0.1, 0.15) is 0 Å². The Kier molecular flexibility index (Phi) is 8.56. The molecule has 86 valence electrons. The lowest BCUT2D eigenvalue weighted by atomic mass is 9.95. The average molecular weight is 234 g/mol. The van der Waals surface area contributed by atoms with Gasteiger partial charge in [-0.2, -0.15) is 0 Å². The minimum Gasteiger partial charge on any atom is -0.124 e. The standard InChI is InChI=1S/C12H28P2/c1-6-7-11(2)8-9-12(3,14-5)10-13-4/h11,13-14H,6-10H2,1-5H3. The average Bonchev–Trinajstić information content (AvgIpc) is 2.16. The van der Waals surface area contributed by atoms with E-state index in [2.05, 4.69) is 34.1 Å². The van der Waals surface area contributed by atoms with E-state index < -0.39 is 0 Å². The fourth-order valence-corrected chi connectivity index (χ4v) is 4.48. The highest BCUT2D eigenvalue weighted by Gasteiger charge is 2.21. The smallest absolute Gasteiger partial charge is 0.0116 e. The second kappa shape index (κ2) is 8.06. The summed E-state index contributed by atoms with van der Waals surface area (Å²) in [5, 5.41) is 0.662. The summed E-state index contributed by atoms with van der Waals surface area (Å²) in [4.78, 5) is 0. The van der Waals surface area contributed by atoms with Gasteiger partial charge in [-0.3, -0.25) is 0 Å². The summed E-state index contributed by atoms with van der Waals surface area (Å²) < 4.78 is 0. The summed E-state index contributed by atoms with van der Waals surface area (Å²) in [5.74, 6) is 0.941. The molecule has 0 radical (unpaired) electrons. The van der Waals surface area contributed by atoms with Gasteiger partial charge in [0.25, 0.3) is 0 Å². The van der Waals surface area contributed by atoms with Crippen LogP contribution in [0.5, 0.6) is 0 Å². The molecule has 0 saturated heterocycles. The Bertz CT molecular complexity index is 136. The number of hydrogen-bond donors (Lipinski definition) is 0. The van der Waals surface area contributed by atoms with E-state index >= 15 is 0 Å². The van der Waals surface area contributed by atoms with Gasteiger partial charge in [-0.25, -0.2) is 0 Å². The van der Waals surface area contributed by atoms with E-state index in [0.29, 0.717) is 5.16 Å². The predicted molar refractivity (Wildman–Crippen MR) is 75.1 cm³/mol. The van der Waals surface area contributed by atoms with E-state index in [1.54, 1.807) is 0 Å². The Morgan fingerprint density at radius 3 is 2.29 bits per heavy atom. The van der Waals surface area contributed by atoms with Gasteiger partial charge in [0.15, 0.2) is 0 Å². The highest BCUT2D eigenvalue weighted by molar-refractivity contribution is 7.43. The van der Waals surface area contributed by atoms with Crippen molar-refractivity contribution in [2.75, 3.05) is 19.5 Å². The van der Waals surface area contributed by atoms with Crippen LogP contribution in [0.2, 0.25) is 0 Å². The van der Waals surface area contributed by atoms with Gasteiger partial charge in [0.05, 0.1) is 0 Å². The summed E-state index contributed by atoms with van der Waals surface area (Å²) in [5.41, 5.74) is 0. The maximum Gasteiger partial charge on any atom is -0.0116 e. The van der Waals surface area contributed by atoms with Crippen LogP contribution in [0.1, 0.15) is 46.5 Å². The third-order valence-corrected chi connectivity index (χ3v) is 6.26. The van der Waals surface area contributed by atoms with Crippen molar-refractivity contribution in [1.82, 2.24) is 0 Å². The van der Waals surface area contributed by atoms with Crippen molar-refractivity contribution in [2.45, 2.75) is 51.6 Å². The van der Waals surface area contributed by atoms with Crippen LogP contribution in [0.4, 0.5) is 0 Å². The van der Waals surface area contributed by atoms with Crippen molar-refractivity contribution in [3.8, 4) is 0 Å². The zero-order valence-corrected chi connectivity index (χ0v) is 12.6. The first kappa shape index (κ1) is 14.9. The van der Waals surface area contributed by atoms with E-state index in [-0.39, 0.29) is 0 Å². The molecule has 0 spiro atoms. The van der Waals surface area contributed by atoms with Crippen LogP contribution < -0.4 is 0 Å². The minimum atomic E-state index is 0.662. The highest BCUT2D eigenvalue weighted by atomic mass is 31.1. The Hall–Kier alpha value is 0.860. The molecule has 4 unspecified atom stereocenters. The molecule has 0 heterocycles. The number of hydrogen-bond acceptors (Lipinski definition) is 0. The van der Waals surface area contributed by atoms with Crippen LogP contribution in [0.15, 0.2) is 0 Å². The normalized spacial score (nSPS) is 19.5. The molecule has 0 bridgehead atoms. The Morgan fingerprint density at radius 2 is 1.86 bits per heavy atom. The molecule has 0 aromatic rings. The van der Waals surface area contributed by atoms with E-state index in [4.69, 9.17) is 0 Å². The van der Waals surface area contributed by atoms with Crippen LogP contribution in [0, 0.1) is 5.92 Å². The lowest BCUT2D eigenvalue weighted by molar-refractivity contribution is 0.441. The third kappa shape index (κ3) is 6.36. The zero-order chi connectivity index (χ0) is 11.0. The molecule has 0 amide bonds. The van der Waals surface area contributed by atoms with E-state index in [9.17, 15) is 0 Å². The molecule has 0 nitrogen and oxygen atoms in total. The van der Waals surface area contributed by atoms with Crippen LogP contribution >= 0.6 is 17.2 Å². The van der Waals surface area contributed by atoms with E-state index in [1.165, 1.54) is 31.8 Å². The molecule has 4 atom stereocenters. The molecule has 2 heteroatoms. The fourth-order valence-electron chi connectivity index (χ4n) is 1.89. The summed E-state index contributed by atoms with van der Waals surface area (Å²) >= 11 is 0. The first-order valence-corrected chi connectivity index (χ1v) is 9.12. The quantitative estimate of drug-likeness (QED) is 0.539. The fraction of sp³-hybridized carbons (Fsp3) is 1.00. The maximum atomic E-state index is 2.49. The van der Waals surface area contributed by atoms with Crippen molar-refractivity contribution in [3.05, 3.63) is 0 Å². The Morgan fingerprint density at radius 1 is 1.21 bits per heavy atom. The van der Waals surface area contributed by atoms with Crippen molar-refractivity contribution in [3.63, 3.8) is 0 Å². The molecule has 0 aliphatic carbocycles. The lowest BCUT2D eigenvalue weighted by Crippen LogP contribution is -2.21. The summed E-state index contributed by atoms with van der Waals surface area (Å²) in [6, 6.07) is 0. The molecule has 0 aliphatic heterocycles. The van der Waals surface area contributed by atoms with Gasteiger partial charge >= 0.3 is 0 Å². The molecule has 0 aromatic carbocycles. The molecule has 0 N–H and O–H groups in total. The van der Waals surface area contributed by atoms with Gasteiger partial charge in [-0.05, 0) is 43.4 Å². The topological polar surface area (TPSA) is 0 Å². The maximum absolute atomic E-state index is 2.49. The predicted octanol–water partition coefficient (Wildman–Crippen LogP) is 4.58. The largest absolute Gasteiger partial charge is 0.124 e. The van der Waals surface area contributed by atoms with Crippen LogP contribution in [0.25, 0.3) is 0 Å². The first-order chi connectivity index (χ1) is 6.58. The second-order valence-electron chi connectivity index (χ2n) is 4.77. The van der Waals surface area contributed by atoms with Gasteiger partial charge in [-0.15, -0.1) is 17.2 Å². The Balaban J connectivity index is 3.81. The Labute approximate surface area is 94.6 Å². The van der Waals surface area contributed by atoms with Gasteiger partial charge in [-0.1, -0.05) is 33.6 Å². The molecule has 0 aromatic heterocycles. The second-order valence-corrected chi connectivity index (χ2v) is 7.54. The minimum absolute atomic E-state index is 0.662. The van der Waals surface area contributed by atoms with Crippen LogP contribution in [-0.4, -0.2) is 24.6 Å². The highest BCUT2D eigenvalue weighted by Crippen LogP contribution is 2.38. The van der Waals surface area contributed by atoms with Crippen molar-refractivity contribution >= 4 is 17.2 Å². The monoisotopic (exact) mass is 234 g/mol.